The van der Waals surface area contributed by atoms with Gasteiger partial charge in [-0.05, 0) is 6.42 Å². The fourth-order valence-electron chi connectivity index (χ4n) is 2.19. The van der Waals surface area contributed by atoms with Gasteiger partial charge in [-0.15, -0.1) is 0 Å². The first kappa shape index (κ1) is 16.6. The van der Waals surface area contributed by atoms with E-state index in [-0.39, 0.29) is 5.92 Å². The smallest absolute Gasteiger partial charge is 0.138 e. The molecule has 1 saturated heterocycles. The van der Waals surface area contributed by atoms with Crippen molar-refractivity contribution >= 4 is 5.78 Å². The van der Waals surface area contributed by atoms with E-state index in [2.05, 4.69) is 11.8 Å². The minimum Gasteiger partial charge on any atom is -0.382 e. The van der Waals surface area contributed by atoms with Crippen LogP contribution in [-0.4, -0.2) is 70.5 Å². The van der Waals surface area contributed by atoms with Crippen LogP contribution in [0.5, 0.6) is 0 Å². The van der Waals surface area contributed by atoms with Gasteiger partial charge < -0.3 is 14.2 Å². The minimum absolute atomic E-state index is 0.228. The number of ether oxygens (including phenoxy) is 3. The standard InChI is InChI=1S/C14H27NO4/c1-3-13-12-15(5-4-14(13)16)6-7-18-10-11-19-9-8-17-2/h13H,3-12H2,1-2H3. The molecule has 5 nitrogen and oxygen atoms in total. The molecular weight excluding hydrogens is 246 g/mol. The van der Waals surface area contributed by atoms with Gasteiger partial charge in [-0.25, -0.2) is 0 Å². The average Bonchev–Trinajstić information content (AvgIpc) is 2.43. The Kier molecular flexibility index (Phi) is 8.99. The molecule has 0 bridgehead atoms. The average molecular weight is 273 g/mol. The number of ketones is 1. The lowest BCUT2D eigenvalue weighted by molar-refractivity contribution is -0.126. The quantitative estimate of drug-likeness (QED) is 0.555. The van der Waals surface area contributed by atoms with Crippen LogP contribution in [-0.2, 0) is 19.0 Å². The lowest BCUT2D eigenvalue weighted by Gasteiger charge is -2.31. The van der Waals surface area contributed by atoms with E-state index in [0.29, 0.717) is 45.2 Å². The molecule has 0 N–H and O–H groups in total. The summed E-state index contributed by atoms with van der Waals surface area (Å²) >= 11 is 0. The molecular formula is C14H27NO4. The summed E-state index contributed by atoms with van der Waals surface area (Å²) < 4.78 is 15.7. The molecule has 0 amide bonds. The highest BCUT2D eigenvalue weighted by Crippen LogP contribution is 2.15. The number of Topliss-reactive ketones (excluding diaryl/α,β-unsaturated/α-hetero) is 1. The molecule has 0 radical (unpaired) electrons. The van der Waals surface area contributed by atoms with E-state index in [1.54, 1.807) is 7.11 Å². The molecule has 0 spiro atoms. The Bertz CT molecular complexity index is 248. The van der Waals surface area contributed by atoms with E-state index in [9.17, 15) is 4.79 Å². The number of methoxy groups -OCH3 is 1. The summed E-state index contributed by atoms with van der Waals surface area (Å²) in [5, 5.41) is 0. The lowest BCUT2D eigenvalue weighted by Crippen LogP contribution is -2.42. The Morgan fingerprint density at radius 2 is 1.84 bits per heavy atom. The molecule has 0 aromatic heterocycles. The minimum atomic E-state index is 0.228. The van der Waals surface area contributed by atoms with Gasteiger partial charge in [0.1, 0.15) is 5.78 Å². The second-order valence-corrected chi connectivity index (χ2v) is 4.84. The van der Waals surface area contributed by atoms with Crippen molar-refractivity contribution in [2.24, 2.45) is 5.92 Å². The van der Waals surface area contributed by atoms with Crippen LogP contribution in [0.15, 0.2) is 0 Å². The van der Waals surface area contributed by atoms with Gasteiger partial charge in [0.2, 0.25) is 0 Å². The van der Waals surface area contributed by atoms with E-state index in [1.807, 2.05) is 0 Å². The first-order chi connectivity index (χ1) is 9.27. The summed E-state index contributed by atoms with van der Waals surface area (Å²) in [5.74, 6) is 0.650. The van der Waals surface area contributed by atoms with Crippen molar-refractivity contribution in [1.82, 2.24) is 4.90 Å². The molecule has 1 aliphatic rings. The normalized spacial score (nSPS) is 20.9. The highest BCUT2D eigenvalue weighted by atomic mass is 16.5. The maximum Gasteiger partial charge on any atom is 0.138 e. The number of piperidine rings is 1. The molecule has 1 aliphatic heterocycles. The van der Waals surface area contributed by atoms with Gasteiger partial charge in [0, 0.05) is 39.1 Å². The third-order valence-electron chi connectivity index (χ3n) is 3.46. The molecule has 5 heteroatoms. The SMILES string of the molecule is CCC1CN(CCOCCOCCOC)CCC1=O. The van der Waals surface area contributed by atoms with E-state index in [0.717, 1.165) is 26.1 Å². The van der Waals surface area contributed by atoms with E-state index < -0.39 is 0 Å². The van der Waals surface area contributed by atoms with Crippen LogP contribution in [0.4, 0.5) is 0 Å². The summed E-state index contributed by atoms with van der Waals surface area (Å²) in [6.07, 6.45) is 1.64. The number of carbonyl (C=O) groups is 1. The highest BCUT2D eigenvalue weighted by molar-refractivity contribution is 5.82. The zero-order valence-electron chi connectivity index (χ0n) is 12.2. The highest BCUT2D eigenvalue weighted by Gasteiger charge is 2.25. The largest absolute Gasteiger partial charge is 0.382 e. The van der Waals surface area contributed by atoms with Crippen molar-refractivity contribution < 1.29 is 19.0 Å². The monoisotopic (exact) mass is 273 g/mol. The van der Waals surface area contributed by atoms with E-state index >= 15 is 0 Å². The zero-order valence-corrected chi connectivity index (χ0v) is 12.2. The molecule has 0 saturated carbocycles. The van der Waals surface area contributed by atoms with Crippen LogP contribution < -0.4 is 0 Å². The molecule has 1 rings (SSSR count). The second-order valence-electron chi connectivity index (χ2n) is 4.84. The zero-order chi connectivity index (χ0) is 13.9. The molecule has 112 valence electrons. The van der Waals surface area contributed by atoms with Crippen molar-refractivity contribution in [3.8, 4) is 0 Å². The van der Waals surface area contributed by atoms with Gasteiger partial charge in [-0.1, -0.05) is 6.92 Å². The molecule has 1 atom stereocenters. The molecule has 1 fully saturated rings. The predicted octanol–water partition coefficient (Wildman–Crippen LogP) is 0.967. The Labute approximate surface area is 116 Å². The fourth-order valence-corrected chi connectivity index (χ4v) is 2.19. The van der Waals surface area contributed by atoms with Gasteiger partial charge in [0.25, 0.3) is 0 Å². The van der Waals surface area contributed by atoms with Gasteiger partial charge in [0.05, 0.1) is 33.0 Å². The third kappa shape index (κ3) is 7.01. The summed E-state index contributed by atoms with van der Waals surface area (Å²) in [6, 6.07) is 0. The summed E-state index contributed by atoms with van der Waals surface area (Å²) in [6.45, 7) is 7.94. The summed E-state index contributed by atoms with van der Waals surface area (Å²) in [4.78, 5) is 13.9. The van der Waals surface area contributed by atoms with Crippen LogP contribution in [0.2, 0.25) is 0 Å². The number of hydrogen-bond donors (Lipinski definition) is 0. The number of likely N-dealkylation sites (tertiary alicyclic amines) is 1. The molecule has 0 aromatic carbocycles. The summed E-state index contributed by atoms with van der Waals surface area (Å²) in [5.41, 5.74) is 0. The Morgan fingerprint density at radius 3 is 2.53 bits per heavy atom. The van der Waals surface area contributed by atoms with Gasteiger partial charge in [0.15, 0.2) is 0 Å². The van der Waals surface area contributed by atoms with Crippen molar-refractivity contribution in [2.45, 2.75) is 19.8 Å². The topological polar surface area (TPSA) is 48.0 Å². The number of rotatable bonds is 10. The van der Waals surface area contributed by atoms with E-state index in [1.165, 1.54) is 0 Å². The van der Waals surface area contributed by atoms with Crippen LogP contribution in [0.3, 0.4) is 0 Å². The predicted molar refractivity (Wildman–Crippen MR) is 73.4 cm³/mol. The number of nitrogens with zero attached hydrogens (tertiary/aromatic N) is 1. The lowest BCUT2D eigenvalue weighted by atomic mass is 9.94. The summed E-state index contributed by atoms with van der Waals surface area (Å²) in [7, 11) is 1.66. The van der Waals surface area contributed by atoms with Gasteiger partial charge >= 0.3 is 0 Å². The number of carbonyl (C=O) groups excluding carboxylic acids is 1. The van der Waals surface area contributed by atoms with Crippen molar-refractivity contribution in [3.05, 3.63) is 0 Å². The Hall–Kier alpha value is -0.490. The fraction of sp³-hybridized carbons (Fsp3) is 0.929. The van der Waals surface area contributed by atoms with E-state index in [4.69, 9.17) is 14.2 Å². The second kappa shape index (κ2) is 10.3. The third-order valence-corrected chi connectivity index (χ3v) is 3.46. The molecule has 0 aromatic rings. The first-order valence-electron chi connectivity index (χ1n) is 7.17. The van der Waals surface area contributed by atoms with Crippen LogP contribution >= 0.6 is 0 Å². The molecule has 0 aliphatic carbocycles. The van der Waals surface area contributed by atoms with Crippen molar-refractivity contribution in [3.63, 3.8) is 0 Å². The van der Waals surface area contributed by atoms with Gasteiger partial charge in [-0.2, -0.15) is 0 Å². The first-order valence-corrected chi connectivity index (χ1v) is 7.17. The van der Waals surface area contributed by atoms with Gasteiger partial charge in [-0.3, -0.25) is 9.69 Å². The van der Waals surface area contributed by atoms with Crippen molar-refractivity contribution in [1.29, 1.82) is 0 Å². The van der Waals surface area contributed by atoms with Crippen LogP contribution in [0, 0.1) is 5.92 Å². The van der Waals surface area contributed by atoms with Crippen molar-refractivity contribution in [2.75, 3.05) is 59.8 Å². The van der Waals surface area contributed by atoms with Crippen LogP contribution in [0.25, 0.3) is 0 Å². The maximum atomic E-state index is 11.6. The Morgan fingerprint density at radius 1 is 1.16 bits per heavy atom. The Balaban J connectivity index is 1.96. The molecule has 19 heavy (non-hydrogen) atoms. The van der Waals surface area contributed by atoms with Crippen LogP contribution in [0.1, 0.15) is 19.8 Å². The number of hydrogen-bond acceptors (Lipinski definition) is 5. The molecule has 1 unspecified atom stereocenters. The molecule has 1 heterocycles. The maximum absolute atomic E-state index is 11.6.